The van der Waals surface area contributed by atoms with Gasteiger partial charge in [-0.25, -0.2) is 15.8 Å². The zero-order valence-corrected chi connectivity index (χ0v) is 13.1. The third kappa shape index (κ3) is 3.82. The third-order valence-electron chi connectivity index (χ3n) is 3.60. The van der Waals surface area contributed by atoms with Gasteiger partial charge in [-0.15, -0.1) is 0 Å². The molecule has 3 N–H and O–H groups in total. The molecule has 0 radical (unpaired) electrons. The highest BCUT2D eigenvalue weighted by molar-refractivity contribution is 5.58. The summed E-state index contributed by atoms with van der Waals surface area (Å²) in [5.41, 5.74) is 3.63. The number of nitriles is 1. The highest BCUT2D eigenvalue weighted by atomic mass is 15.3. The second-order valence-corrected chi connectivity index (χ2v) is 6.05. The Morgan fingerprint density at radius 2 is 2.14 bits per heavy atom. The predicted octanol–water partition coefficient (Wildman–Crippen LogP) is 2.32. The number of nitrogens with zero attached hydrogens (tertiary/aromatic N) is 4. The molecule has 0 atom stereocenters. The van der Waals surface area contributed by atoms with Crippen LogP contribution in [0.5, 0.6) is 0 Å². The molecule has 21 heavy (non-hydrogen) atoms. The maximum atomic E-state index is 8.88. The molecule has 1 heterocycles. The average Bonchev–Trinajstić information content (AvgIpc) is 3.28. The Morgan fingerprint density at radius 3 is 2.67 bits per heavy atom. The van der Waals surface area contributed by atoms with Crippen LogP contribution < -0.4 is 16.2 Å². The minimum Gasteiger partial charge on any atom is -0.355 e. The third-order valence-corrected chi connectivity index (χ3v) is 3.60. The maximum Gasteiger partial charge on any atom is 0.148 e. The van der Waals surface area contributed by atoms with E-state index in [0.717, 1.165) is 36.6 Å². The molecule has 1 aromatic rings. The number of hydrogen-bond donors (Lipinski definition) is 2. The molecular formula is C15H24N6. The van der Waals surface area contributed by atoms with Crippen LogP contribution in [0.4, 0.5) is 11.6 Å². The van der Waals surface area contributed by atoms with E-state index in [2.05, 4.69) is 35.2 Å². The van der Waals surface area contributed by atoms with Gasteiger partial charge >= 0.3 is 0 Å². The minimum absolute atomic E-state index is 0.466. The summed E-state index contributed by atoms with van der Waals surface area (Å²) in [4.78, 5) is 11.5. The SMILES string of the molecule is Cc1c(NN)nc(C2CC2)nc1N(CCC#N)CC(C)C. The lowest BCUT2D eigenvalue weighted by atomic mass is 10.1. The normalized spacial score (nSPS) is 14.1. The summed E-state index contributed by atoms with van der Waals surface area (Å²) in [6.45, 7) is 7.86. The van der Waals surface area contributed by atoms with E-state index >= 15 is 0 Å². The highest BCUT2D eigenvalue weighted by Crippen LogP contribution is 2.40. The van der Waals surface area contributed by atoms with E-state index in [9.17, 15) is 0 Å². The van der Waals surface area contributed by atoms with Gasteiger partial charge in [0.15, 0.2) is 0 Å². The summed E-state index contributed by atoms with van der Waals surface area (Å²) in [7, 11) is 0. The van der Waals surface area contributed by atoms with Crippen molar-refractivity contribution in [1.29, 1.82) is 5.26 Å². The maximum absolute atomic E-state index is 8.88. The number of rotatable bonds is 7. The van der Waals surface area contributed by atoms with Gasteiger partial charge in [0.25, 0.3) is 0 Å². The molecule has 2 rings (SSSR count). The molecular weight excluding hydrogens is 264 g/mol. The van der Waals surface area contributed by atoms with E-state index in [4.69, 9.17) is 16.1 Å². The Morgan fingerprint density at radius 1 is 1.43 bits per heavy atom. The van der Waals surface area contributed by atoms with Crippen molar-refractivity contribution >= 4 is 11.6 Å². The Labute approximate surface area is 126 Å². The summed E-state index contributed by atoms with van der Waals surface area (Å²) >= 11 is 0. The van der Waals surface area contributed by atoms with Gasteiger partial charge in [0, 0.05) is 24.6 Å². The van der Waals surface area contributed by atoms with Crippen molar-refractivity contribution in [3.05, 3.63) is 11.4 Å². The van der Waals surface area contributed by atoms with Gasteiger partial charge in [-0.3, -0.25) is 0 Å². The highest BCUT2D eigenvalue weighted by Gasteiger charge is 2.29. The van der Waals surface area contributed by atoms with Crippen LogP contribution in [0.15, 0.2) is 0 Å². The van der Waals surface area contributed by atoms with Gasteiger partial charge in [-0.2, -0.15) is 5.26 Å². The quantitative estimate of drug-likeness (QED) is 0.591. The van der Waals surface area contributed by atoms with Gasteiger partial charge in [0.2, 0.25) is 0 Å². The molecule has 1 fully saturated rings. The van der Waals surface area contributed by atoms with Crippen molar-refractivity contribution in [2.75, 3.05) is 23.4 Å². The number of hydrazine groups is 1. The van der Waals surface area contributed by atoms with Crippen LogP contribution >= 0.6 is 0 Å². The number of nitrogen functional groups attached to an aromatic ring is 1. The first-order chi connectivity index (χ1) is 10.1. The van der Waals surface area contributed by atoms with Crippen LogP contribution in [-0.4, -0.2) is 23.1 Å². The summed E-state index contributed by atoms with van der Waals surface area (Å²) in [5.74, 6) is 9.03. The van der Waals surface area contributed by atoms with Crippen LogP contribution in [0.3, 0.4) is 0 Å². The van der Waals surface area contributed by atoms with Crippen molar-refractivity contribution in [2.45, 2.75) is 46.0 Å². The fourth-order valence-corrected chi connectivity index (χ4v) is 2.40. The van der Waals surface area contributed by atoms with Gasteiger partial charge < -0.3 is 10.3 Å². The summed E-state index contributed by atoms with van der Waals surface area (Å²) in [5, 5.41) is 8.88. The van der Waals surface area contributed by atoms with E-state index in [1.165, 1.54) is 0 Å². The molecule has 0 amide bonds. The lowest BCUT2D eigenvalue weighted by molar-refractivity contribution is 0.605. The van der Waals surface area contributed by atoms with Crippen LogP contribution in [-0.2, 0) is 0 Å². The van der Waals surface area contributed by atoms with E-state index in [-0.39, 0.29) is 0 Å². The van der Waals surface area contributed by atoms with Crippen LogP contribution in [0.25, 0.3) is 0 Å². The van der Waals surface area contributed by atoms with Crippen molar-refractivity contribution in [1.82, 2.24) is 9.97 Å². The molecule has 1 aromatic heterocycles. The first-order valence-electron chi connectivity index (χ1n) is 7.53. The fourth-order valence-electron chi connectivity index (χ4n) is 2.40. The average molecular weight is 288 g/mol. The molecule has 0 aromatic carbocycles. The van der Waals surface area contributed by atoms with Crippen molar-refractivity contribution in [2.24, 2.45) is 11.8 Å². The molecule has 0 saturated heterocycles. The number of hydrogen-bond acceptors (Lipinski definition) is 6. The molecule has 0 aliphatic heterocycles. The Kier molecular flexibility index (Phi) is 4.97. The predicted molar refractivity (Wildman–Crippen MR) is 83.8 cm³/mol. The second-order valence-electron chi connectivity index (χ2n) is 6.05. The zero-order valence-electron chi connectivity index (χ0n) is 13.1. The lowest BCUT2D eigenvalue weighted by Gasteiger charge is -2.27. The zero-order chi connectivity index (χ0) is 15.4. The lowest BCUT2D eigenvalue weighted by Crippen LogP contribution is -2.31. The molecule has 1 aliphatic rings. The largest absolute Gasteiger partial charge is 0.355 e. The molecule has 1 saturated carbocycles. The smallest absolute Gasteiger partial charge is 0.148 e. The summed E-state index contributed by atoms with van der Waals surface area (Å²) in [6, 6.07) is 2.21. The number of nitrogens with one attached hydrogen (secondary N) is 1. The monoisotopic (exact) mass is 288 g/mol. The van der Waals surface area contributed by atoms with Crippen molar-refractivity contribution in [3.8, 4) is 6.07 Å². The number of aromatic nitrogens is 2. The molecule has 6 heteroatoms. The molecule has 0 unspecified atom stereocenters. The Balaban J connectivity index is 2.36. The second kappa shape index (κ2) is 6.72. The summed E-state index contributed by atoms with van der Waals surface area (Å²) < 4.78 is 0. The molecule has 1 aliphatic carbocycles. The number of nitrogens with two attached hydrogens (primary N) is 1. The van der Waals surface area contributed by atoms with Gasteiger partial charge in [-0.1, -0.05) is 13.8 Å². The Hall–Kier alpha value is -1.87. The molecule has 0 bridgehead atoms. The molecule has 6 nitrogen and oxygen atoms in total. The standard InChI is InChI=1S/C15H24N6/c1-10(2)9-21(8-4-7-16)15-11(3)13(20-17)18-14(19-15)12-5-6-12/h10,12H,4-6,8-9,17H2,1-3H3,(H,18,19,20). The first kappa shape index (κ1) is 15.5. The van der Waals surface area contributed by atoms with Gasteiger partial charge in [0.05, 0.1) is 12.5 Å². The minimum atomic E-state index is 0.466. The van der Waals surface area contributed by atoms with E-state index < -0.39 is 0 Å². The molecule has 0 spiro atoms. The van der Waals surface area contributed by atoms with Gasteiger partial charge in [-0.05, 0) is 25.7 Å². The van der Waals surface area contributed by atoms with Crippen LogP contribution in [0.1, 0.15) is 50.4 Å². The van der Waals surface area contributed by atoms with Crippen LogP contribution in [0.2, 0.25) is 0 Å². The van der Waals surface area contributed by atoms with Crippen LogP contribution in [0, 0.1) is 24.2 Å². The van der Waals surface area contributed by atoms with E-state index in [1.54, 1.807) is 0 Å². The fraction of sp³-hybridized carbons (Fsp3) is 0.667. The first-order valence-corrected chi connectivity index (χ1v) is 7.53. The topological polar surface area (TPSA) is 90.9 Å². The molecule has 114 valence electrons. The summed E-state index contributed by atoms with van der Waals surface area (Å²) in [6.07, 6.45) is 2.78. The van der Waals surface area contributed by atoms with Crippen molar-refractivity contribution < 1.29 is 0 Å². The van der Waals surface area contributed by atoms with E-state index in [1.807, 2.05) is 6.92 Å². The Bertz CT molecular complexity index is 530. The number of anilines is 2. The van der Waals surface area contributed by atoms with Crippen molar-refractivity contribution in [3.63, 3.8) is 0 Å². The van der Waals surface area contributed by atoms with Gasteiger partial charge in [0.1, 0.15) is 17.5 Å². The van der Waals surface area contributed by atoms with E-state index in [0.29, 0.717) is 30.6 Å².